The van der Waals surface area contributed by atoms with Crippen molar-refractivity contribution in [3.63, 3.8) is 0 Å². The van der Waals surface area contributed by atoms with Gasteiger partial charge in [0.1, 0.15) is 24.3 Å². The minimum absolute atomic E-state index is 0.347. The van der Waals surface area contributed by atoms with Crippen molar-refractivity contribution in [2.75, 3.05) is 5.73 Å². The smallest absolute Gasteiger partial charge is 0.226 e. The molecule has 0 bridgehead atoms. The van der Waals surface area contributed by atoms with Crippen LogP contribution in [-0.2, 0) is 6.61 Å². The van der Waals surface area contributed by atoms with Gasteiger partial charge in [0.25, 0.3) is 0 Å². The Bertz CT molecular complexity index is 692. The Morgan fingerprint density at radius 2 is 1.90 bits per heavy atom. The molecule has 2 aromatic carbocycles. The Labute approximate surface area is 116 Å². The van der Waals surface area contributed by atoms with Crippen LogP contribution in [0.15, 0.2) is 65.3 Å². The molecule has 0 spiro atoms. The predicted octanol–water partition coefficient (Wildman–Crippen LogP) is 3.50. The van der Waals surface area contributed by atoms with Crippen LogP contribution in [0.4, 0.5) is 5.69 Å². The highest BCUT2D eigenvalue weighted by atomic mass is 16.5. The molecule has 4 nitrogen and oxygen atoms in total. The fourth-order valence-electron chi connectivity index (χ4n) is 1.85. The Kier molecular flexibility index (Phi) is 3.37. The topological polar surface area (TPSA) is 61.3 Å². The quantitative estimate of drug-likeness (QED) is 0.734. The summed E-state index contributed by atoms with van der Waals surface area (Å²) in [4.78, 5) is 4.40. The highest BCUT2D eigenvalue weighted by Gasteiger charge is 2.06. The van der Waals surface area contributed by atoms with E-state index in [1.807, 2.05) is 48.5 Å². The monoisotopic (exact) mass is 266 g/mol. The number of nitrogen functional groups attached to an aromatic ring is 1. The molecule has 0 atom stereocenters. The van der Waals surface area contributed by atoms with Gasteiger partial charge in [-0.1, -0.05) is 24.3 Å². The van der Waals surface area contributed by atoms with E-state index >= 15 is 0 Å². The van der Waals surface area contributed by atoms with Crippen molar-refractivity contribution in [3.8, 4) is 17.2 Å². The third-order valence-corrected chi connectivity index (χ3v) is 2.82. The van der Waals surface area contributed by atoms with Crippen molar-refractivity contribution in [1.29, 1.82) is 0 Å². The molecule has 0 amide bonds. The van der Waals surface area contributed by atoms with Crippen LogP contribution in [-0.4, -0.2) is 4.98 Å². The maximum Gasteiger partial charge on any atom is 0.226 e. The molecule has 4 heteroatoms. The number of aromatic nitrogens is 1. The molecule has 0 aliphatic rings. The number of hydrogen-bond donors (Lipinski definition) is 1. The maximum absolute atomic E-state index is 5.69. The van der Waals surface area contributed by atoms with Crippen LogP contribution < -0.4 is 10.5 Å². The number of ether oxygens (including phenoxy) is 1. The lowest BCUT2D eigenvalue weighted by Crippen LogP contribution is -1.96. The van der Waals surface area contributed by atoms with Crippen molar-refractivity contribution in [2.45, 2.75) is 6.61 Å². The second-order valence-electron chi connectivity index (χ2n) is 4.37. The van der Waals surface area contributed by atoms with Gasteiger partial charge in [0, 0.05) is 17.3 Å². The number of benzene rings is 2. The van der Waals surface area contributed by atoms with E-state index in [1.54, 1.807) is 12.3 Å². The lowest BCUT2D eigenvalue weighted by molar-refractivity contribution is 0.301. The summed E-state index contributed by atoms with van der Waals surface area (Å²) in [5.74, 6) is 1.31. The molecule has 0 saturated heterocycles. The molecule has 3 aromatic rings. The molecule has 2 N–H and O–H groups in total. The first-order chi connectivity index (χ1) is 9.81. The average molecular weight is 266 g/mol. The molecule has 0 radical (unpaired) electrons. The summed E-state index contributed by atoms with van der Waals surface area (Å²) in [7, 11) is 0. The lowest BCUT2D eigenvalue weighted by atomic mass is 10.2. The summed E-state index contributed by atoms with van der Waals surface area (Å²) in [6, 6.07) is 17.1. The van der Waals surface area contributed by atoms with Gasteiger partial charge in [-0.05, 0) is 24.3 Å². The van der Waals surface area contributed by atoms with Gasteiger partial charge in [0.2, 0.25) is 5.89 Å². The zero-order chi connectivity index (χ0) is 13.8. The van der Waals surface area contributed by atoms with Crippen LogP contribution in [0.1, 0.15) is 5.69 Å². The molecule has 3 rings (SSSR count). The number of oxazole rings is 1. The second kappa shape index (κ2) is 5.48. The van der Waals surface area contributed by atoms with E-state index in [1.165, 1.54) is 0 Å². The summed E-state index contributed by atoms with van der Waals surface area (Å²) >= 11 is 0. The highest BCUT2D eigenvalue weighted by molar-refractivity contribution is 5.52. The van der Waals surface area contributed by atoms with Crippen LogP contribution in [0.5, 0.6) is 5.75 Å². The van der Waals surface area contributed by atoms with E-state index in [0.29, 0.717) is 23.9 Å². The van der Waals surface area contributed by atoms with Gasteiger partial charge in [-0.25, -0.2) is 4.98 Å². The lowest BCUT2D eigenvalue weighted by Gasteiger charge is -2.03. The molecular formula is C16H14N2O2. The number of anilines is 1. The molecule has 0 saturated carbocycles. The summed E-state index contributed by atoms with van der Waals surface area (Å²) in [6.45, 7) is 0.347. The summed E-state index contributed by atoms with van der Waals surface area (Å²) < 4.78 is 11.1. The first kappa shape index (κ1) is 12.3. The molecule has 1 heterocycles. The largest absolute Gasteiger partial charge is 0.487 e. The third-order valence-electron chi connectivity index (χ3n) is 2.82. The van der Waals surface area contributed by atoms with Gasteiger partial charge in [0.15, 0.2) is 0 Å². The summed E-state index contributed by atoms with van der Waals surface area (Å²) in [6.07, 6.45) is 1.61. The molecule has 0 aliphatic heterocycles. The predicted molar refractivity (Wildman–Crippen MR) is 77.1 cm³/mol. The number of nitrogens with zero attached hydrogens (tertiary/aromatic N) is 1. The van der Waals surface area contributed by atoms with Crippen LogP contribution in [0.25, 0.3) is 11.5 Å². The number of nitrogens with two attached hydrogens (primary N) is 1. The van der Waals surface area contributed by atoms with Gasteiger partial charge in [-0.2, -0.15) is 0 Å². The van der Waals surface area contributed by atoms with E-state index in [2.05, 4.69) is 4.98 Å². The molecule has 0 aliphatic carbocycles. The minimum Gasteiger partial charge on any atom is -0.487 e. The molecule has 20 heavy (non-hydrogen) atoms. The number of hydrogen-bond acceptors (Lipinski definition) is 4. The minimum atomic E-state index is 0.347. The van der Waals surface area contributed by atoms with Crippen molar-refractivity contribution in [3.05, 3.63) is 66.6 Å². The Hall–Kier alpha value is -2.75. The average Bonchev–Trinajstić information content (AvgIpc) is 2.95. The summed E-state index contributed by atoms with van der Waals surface area (Å²) in [5.41, 5.74) is 8.06. The Balaban J connectivity index is 1.69. The van der Waals surface area contributed by atoms with E-state index < -0.39 is 0 Å². The van der Waals surface area contributed by atoms with Crippen LogP contribution >= 0.6 is 0 Å². The van der Waals surface area contributed by atoms with Crippen LogP contribution in [0.3, 0.4) is 0 Å². The van der Waals surface area contributed by atoms with Crippen LogP contribution in [0.2, 0.25) is 0 Å². The van der Waals surface area contributed by atoms with Crippen LogP contribution in [0, 0.1) is 0 Å². The molecule has 0 unspecified atom stereocenters. The van der Waals surface area contributed by atoms with Crippen molar-refractivity contribution in [2.24, 2.45) is 0 Å². The van der Waals surface area contributed by atoms with Gasteiger partial charge >= 0.3 is 0 Å². The van der Waals surface area contributed by atoms with Gasteiger partial charge in [-0.3, -0.25) is 0 Å². The molecule has 1 aromatic heterocycles. The fourth-order valence-corrected chi connectivity index (χ4v) is 1.85. The number of rotatable bonds is 4. The van der Waals surface area contributed by atoms with E-state index in [4.69, 9.17) is 14.9 Å². The Morgan fingerprint density at radius 1 is 1.05 bits per heavy atom. The van der Waals surface area contributed by atoms with Crippen molar-refractivity contribution in [1.82, 2.24) is 4.98 Å². The van der Waals surface area contributed by atoms with Crippen molar-refractivity contribution >= 4 is 5.69 Å². The first-order valence-corrected chi connectivity index (χ1v) is 6.29. The fraction of sp³-hybridized carbons (Fsp3) is 0.0625. The van der Waals surface area contributed by atoms with Gasteiger partial charge in [0.05, 0.1) is 0 Å². The van der Waals surface area contributed by atoms with E-state index in [-0.39, 0.29) is 0 Å². The second-order valence-corrected chi connectivity index (χ2v) is 4.37. The zero-order valence-corrected chi connectivity index (χ0v) is 10.8. The molecule has 0 fully saturated rings. The SMILES string of the molecule is Nc1cccc(OCc2coc(-c3ccccc3)n2)c1. The van der Waals surface area contributed by atoms with Gasteiger partial charge < -0.3 is 14.9 Å². The van der Waals surface area contributed by atoms with E-state index in [0.717, 1.165) is 11.3 Å². The van der Waals surface area contributed by atoms with Gasteiger partial charge in [-0.15, -0.1) is 0 Å². The first-order valence-electron chi connectivity index (χ1n) is 6.29. The normalized spacial score (nSPS) is 10.4. The summed E-state index contributed by atoms with van der Waals surface area (Å²) in [5, 5.41) is 0. The highest BCUT2D eigenvalue weighted by Crippen LogP contribution is 2.20. The molecule has 100 valence electrons. The van der Waals surface area contributed by atoms with E-state index in [9.17, 15) is 0 Å². The zero-order valence-electron chi connectivity index (χ0n) is 10.8. The van der Waals surface area contributed by atoms with Crippen molar-refractivity contribution < 1.29 is 9.15 Å². The third kappa shape index (κ3) is 2.80. The maximum atomic E-state index is 5.69. The molecular weight excluding hydrogens is 252 g/mol. The Morgan fingerprint density at radius 3 is 2.70 bits per heavy atom. The standard InChI is InChI=1S/C16H14N2O2/c17-13-7-4-8-15(9-13)19-10-14-11-20-16(18-14)12-5-2-1-3-6-12/h1-9,11H,10,17H2.